The molecule has 0 saturated carbocycles. The van der Waals surface area contributed by atoms with Gasteiger partial charge in [-0.25, -0.2) is 4.98 Å². The zero-order valence-corrected chi connectivity index (χ0v) is 15.7. The SMILES string of the molecule is Cc1ccc(S(=O)(=O)n2nnnc2[C@H]2NC(=O)[C@@H]2Cc2ccnc(N)c2)cc1. The highest BCUT2D eigenvalue weighted by atomic mass is 32.2. The molecule has 4 rings (SSSR count). The van der Waals surface area contributed by atoms with E-state index in [-0.39, 0.29) is 16.6 Å². The number of aromatic nitrogens is 5. The number of hydrogen-bond donors (Lipinski definition) is 2. The lowest BCUT2D eigenvalue weighted by molar-refractivity contribution is -0.135. The summed E-state index contributed by atoms with van der Waals surface area (Å²) in [5.41, 5.74) is 7.43. The normalized spacial score (nSPS) is 19.1. The standard InChI is InChI=1S/C17H17N7O3S/c1-10-2-4-12(5-3-10)28(26,27)24-16(21-22-23-24)15-13(17(25)20-15)8-11-6-7-19-14(18)9-11/h2-7,9,13,15H,8H2,1H3,(H2,18,19)(H,20,25)/t13-,15+/m1/s1. The largest absolute Gasteiger partial charge is 0.384 e. The Bertz CT molecular complexity index is 1140. The highest BCUT2D eigenvalue weighted by Gasteiger charge is 2.45. The number of carbonyl (C=O) groups excluding carboxylic acids is 1. The van der Waals surface area contributed by atoms with E-state index in [2.05, 4.69) is 25.8 Å². The molecule has 3 heterocycles. The number of β-lactam (4-membered cyclic amide) rings is 1. The number of amides is 1. The number of pyridine rings is 1. The molecular formula is C17H17N7O3S. The van der Waals surface area contributed by atoms with E-state index in [1.165, 1.54) is 12.1 Å². The third-order valence-electron chi connectivity index (χ3n) is 4.63. The third kappa shape index (κ3) is 3.09. The second kappa shape index (κ2) is 6.68. The van der Waals surface area contributed by atoms with Gasteiger partial charge in [-0.05, 0) is 53.6 Å². The molecule has 0 radical (unpaired) electrons. The van der Waals surface area contributed by atoms with E-state index in [9.17, 15) is 13.2 Å². The molecule has 144 valence electrons. The number of tetrazole rings is 1. The topological polar surface area (TPSA) is 146 Å². The maximum absolute atomic E-state index is 12.9. The number of rotatable bonds is 5. The van der Waals surface area contributed by atoms with Gasteiger partial charge in [-0.2, -0.15) is 8.42 Å². The van der Waals surface area contributed by atoms with E-state index in [0.717, 1.165) is 15.2 Å². The molecule has 1 fully saturated rings. The first-order chi connectivity index (χ1) is 13.4. The molecule has 0 aliphatic carbocycles. The van der Waals surface area contributed by atoms with Crippen LogP contribution in [0.15, 0.2) is 47.5 Å². The maximum Gasteiger partial charge on any atom is 0.286 e. The van der Waals surface area contributed by atoms with Crippen molar-refractivity contribution in [3.8, 4) is 0 Å². The van der Waals surface area contributed by atoms with Gasteiger partial charge in [0.2, 0.25) is 5.91 Å². The summed E-state index contributed by atoms with van der Waals surface area (Å²) in [6.45, 7) is 1.86. The quantitative estimate of drug-likeness (QED) is 0.580. The van der Waals surface area contributed by atoms with Crippen LogP contribution in [0.25, 0.3) is 0 Å². The summed E-state index contributed by atoms with van der Waals surface area (Å²) in [7, 11) is -3.99. The summed E-state index contributed by atoms with van der Waals surface area (Å²) in [5, 5.41) is 13.7. The van der Waals surface area contributed by atoms with E-state index >= 15 is 0 Å². The summed E-state index contributed by atoms with van der Waals surface area (Å²) >= 11 is 0. The summed E-state index contributed by atoms with van der Waals surface area (Å²) in [5.74, 6) is -0.310. The summed E-state index contributed by atoms with van der Waals surface area (Å²) < 4.78 is 26.7. The summed E-state index contributed by atoms with van der Waals surface area (Å²) in [6, 6.07) is 9.17. The predicted molar refractivity (Wildman–Crippen MR) is 98.3 cm³/mol. The summed E-state index contributed by atoms with van der Waals surface area (Å²) in [6.07, 6.45) is 1.92. The molecule has 2 aromatic heterocycles. The van der Waals surface area contributed by atoms with Crippen molar-refractivity contribution in [3.05, 3.63) is 59.5 Å². The lowest BCUT2D eigenvalue weighted by Gasteiger charge is -2.35. The van der Waals surface area contributed by atoms with Crippen LogP contribution in [0.2, 0.25) is 0 Å². The molecule has 3 aromatic rings. The highest BCUT2D eigenvalue weighted by Crippen LogP contribution is 2.33. The van der Waals surface area contributed by atoms with Gasteiger partial charge in [0, 0.05) is 6.20 Å². The molecule has 0 spiro atoms. The molecule has 1 saturated heterocycles. The minimum atomic E-state index is -3.99. The molecular weight excluding hydrogens is 382 g/mol. The second-order valence-corrected chi connectivity index (χ2v) is 8.35. The van der Waals surface area contributed by atoms with Gasteiger partial charge in [0.25, 0.3) is 10.0 Å². The van der Waals surface area contributed by atoms with E-state index in [4.69, 9.17) is 5.73 Å². The Morgan fingerprint density at radius 3 is 2.64 bits per heavy atom. The van der Waals surface area contributed by atoms with Crippen molar-refractivity contribution in [2.24, 2.45) is 5.92 Å². The Morgan fingerprint density at radius 1 is 1.21 bits per heavy atom. The Balaban J connectivity index is 1.65. The summed E-state index contributed by atoms with van der Waals surface area (Å²) in [4.78, 5) is 16.1. The van der Waals surface area contributed by atoms with E-state index in [1.807, 2.05) is 6.92 Å². The first-order valence-corrected chi connectivity index (χ1v) is 9.91. The van der Waals surface area contributed by atoms with Gasteiger partial charge < -0.3 is 11.1 Å². The molecule has 0 unspecified atom stereocenters. The molecule has 11 heteroatoms. The average molecular weight is 399 g/mol. The van der Waals surface area contributed by atoms with Crippen LogP contribution in [0, 0.1) is 12.8 Å². The van der Waals surface area contributed by atoms with Crippen molar-refractivity contribution in [1.82, 2.24) is 29.9 Å². The number of benzene rings is 1. The average Bonchev–Trinajstić information content (AvgIpc) is 3.14. The van der Waals surface area contributed by atoms with Crippen LogP contribution in [-0.4, -0.2) is 38.9 Å². The van der Waals surface area contributed by atoms with Gasteiger partial charge in [-0.15, -0.1) is 9.19 Å². The lowest BCUT2D eigenvalue weighted by atomic mass is 9.84. The lowest BCUT2D eigenvalue weighted by Crippen LogP contribution is -2.53. The minimum Gasteiger partial charge on any atom is -0.384 e. The molecule has 28 heavy (non-hydrogen) atoms. The van der Waals surface area contributed by atoms with E-state index in [0.29, 0.717) is 12.2 Å². The third-order valence-corrected chi connectivity index (χ3v) is 6.21. The van der Waals surface area contributed by atoms with Crippen LogP contribution in [0.5, 0.6) is 0 Å². The molecule has 1 aliphatic heterocycles. The number of anilines is 1. The van der Waals surface area contributed by atoms with Crippen LogP contribution >= 0.6 is 0 Å². The second-order valence-electron chi connectivity index (χ2n) is 6.58. The van der Waals surface area contributed by atoms with E-state index in [1.54, 1.807) is 30.5 Å². The number of aryl methyl sites for hydroxylation is 1. The first-order valence-electron chi connectivity index (χ1n) is 8.47. The molecule has 2 atom stereocenters. The van der Waals surface area contributed by atoms with Crippen molar-refractivity contribution in [3.63, 3.8) is 0 Å². The first kappa shape index (κ1) is 18.0. The van der Waals surface area contributed by atoms with Crippen molar-refractivity contribution < 1.29 is 13.2 Å². The molecule has 0 bridgehead atoms. The fraction of sp³-hybridized carbons (Fsp3) is 0.235. The van der Waals surface area contributed by atoms with Crippen LogP contribution in [-0.2, 0) is 21.2 Å². The Hall–Kier alpha value is -3.34. The number of nitrogens with two attached hydrogens (primary N) is 1. The number of nitrogens with one attached hydrogen (secondary N) is 1. The number of hydrogen-bond acceptors (Lipinski definition) is 8. The number of carbonyl (C=O) groups is 1. The predicted octanol–water partition coefficient (Wildman–Crippen LogP) is 0.226. The molecule has 3 N–H and O–H groups in total. The van der Waals surface area contributed by atoms with Crippen molar-refractivity contribution in [2.45, 2.75) is 24.3 Å². The minimum absolute atomic E-state index is 0.0622. The van der Waals surface area contributed by atoms with Crippen LogP contribution < -0.4 is 11.1 Å². The smallest absolute Gasteiger partial charge is 0.286 e. The monoisotopic (exact) mass is 399 g/mol. The Kier molecular flexibility index (Phi) is 4.30. The zero-order chi connectivity index (χ0) is 19.9. The van der Waals surface area contributed by atoms with Gasteiger partial charge in [0.15, 0.2) is 5.82 Å². The Labute approximate surface area is 160 Å². The van der Waals surface area contributed by atoms with Gasteiger partial charge in [0.05, 0.1) is 10.8 Å². The van der Waals surface area contributed by atoms with E-state index < -0.39 is 22.0 Å². The molecule has 1 aliphatic rings. The number of nitrogens with zero attached hydrogens (tertiary/aromatic N) is 5. The van der Waals surface area contributed by atoms with Crippen molar-refractivity contribution >= 4 is 21.7 Å². The maximum atomic E-state index is 12.9. The van der Waals surface area contributed by atoms with Crippen LogP contribution in [0.3, 0.4) is 0 Å². The molecule has 10 nitrogen and oxygen atoms in total. The van der Waals surface area contributed by atoms with Crippen molar-refractivity contribution in [1.29, 1.82) is 0 Å². The van der Waals surface area contributed by atoms with Gasteiger partial charge in [-0.1, -0.05) is 17.7 Å². The molecule has 1 amide bonds. The number of nitrogen functional groups attached to an aromatic ring is 1. The van der Waals surface area contributed by atoms with Crippen LogP contribution in [0.4, 0.5) is 5.82 Å². The van der Waals surface area contributed by atoms with Crippen LogP contribution in [0.1, 0.15) is 23.0 Å². The fourth-order valence-corrected chi connectivity index (χ4v) is 4.30. The van der Waals surface area contributed by atoms with Gasteiger partial charge in [-0.3, -0.25) is 4.79 Å². The van der Waals surface area contributed by atoms with Gasteiger partial charge >= 0.3 is 0 Å². The molecule has 1 aromatic carbocycles. The Morgan fingerprint density at radius 2 is 1.96 bits per heavy atom. The fourth-order valence-electron chi connectivity index (χ4n) is 3.10. The zero-order valence-electron chi connectivity index (χ0n) is 14.8. The van der Waals surface area contributed by atoms with Gasteiger partial charge in [0.1, 0.15) is 11.9 Å². The van der Waals surface area contributed by atoms with Crippen molar-refractivity contribution in [2.75, 3.05) is 5.73 Å². The highest BCUT2D eigenvalue weighted by molar-refractivity contribution is 7.89.